The lowest BCUT2D eigenvalue weighted by molar-refractivity contribution is -0.135. The number of benzene rings is 1. The molecular formula is C20H24FN3O2S. The highest BCUT2D eigenvalue weighted by Gasteiger charge is 2.32. The highest BCUT2D eigenvalue weighted by Crippen LogP contribution is 2.30. The van der Waals surface area contributed by atoms with Crippen LogP contribution in [-0.2, 0) is 11.3 Å². The zero-order valence-corrected chi connectivity index (χ0v) is 15.9. The molecule has 0 spiro atoms. The molecule has 0 bridgehead atoms. The first-order chi connectivity index (χ1) is 13.1. The molecule has 4 rings (SSSR count). The van der Waals surface area contributed by atoms with Crippen LogP contribution in [0.2, 0.25) is 0 Å². The Morgan fingerprint density at radius 1 is 1.19 bits per heavy atom. The summed E-state index contributed by atoms with van der Waals surface area (Å²) in [4.78, 5) is 18.9. The summed E-state index contributed by atoms with van der Waals surface area (Å²) in [5.74, 6) is -0.0900. The largest absolute Gasteiger partial charge is 0.392 e. The van der Waals surface area contributed by atoms with Crippen molar-refractivity contribution >= 4 is 17.2 Å². The maximum absolute atomic E-state index is 14.0. The van der Waals surface area contributed by atoms with Gasteiger partial charge < -0.3 is 15.3 Å². The molecular weight excluding hydrogens is 365 g/mol. The first-order valence-electron chi connectivity index (χ1n) is 9.36. The highest BCUT2D eigenvalue weighted by molar-refractivity contribution is 7.15. The first-order valence-corrected chi connectivity index (χ1v) is 10.2. The predicted octanol–water partition coefficient (Wildman–Crippen LogP) is 1.92. The minimum atomic E-state index is -0.414. The Morgan fingerprint density at radius 3 is 2.67 bits per heavy atom. The summed E-state index contributed by atoms with van der Waals surface area (Å²) in [6.45, 7) is 4.39. The molecule has 144 valence electrons. The van der Waals surface area contributed by atoms with Crippen molar-refractivity contribution in [2.24, 2.45) is 0 Å². The minimum absolute atomic E-state index is 0.101. The summed E-state index contributed by atoms with van der Waals surface area (Å²) in [5, 5.41) is 12.7. The number of hydrogen-bond acceptors (Lipinski definition) is 5. The van der Waals surface area contributed by atoms with E-state index in [9.17, 15) is 14.3 Å². The molecule has 5 nitrogen and oxygen atoms in total. The van der Waals surface area contributed by atoms with Crippen molar-refractivity contribution in [3.05, 3.63) is 47.1 Å². The van der Waals surface area contributed by atoms with E-state index in [1.54, 1.807) is 17.4 Å². The molecule has 1 aromatic heterocycles. The second kappa shape index (κ2) is 8.06. The van der Waals surface area contributed by atoms with Crippen LogP contribution in [0.4, 0.5) is 4.39 Å². The molecule has 1 amide bonds. The van der Waals surface area contributed by atoms with Crippen molar-refractivity contribution in [3.63, 3.8) is 0 Å². The van der Waals surface area contributed by atoms with Crippen molar-refractivity contribution in [2.45, 2.75) is 25.1 Å². The zero-order valence-electron chi connectivity index (χ0n) is 15.1. The van der Waals surface area contributed by atoms with Gasteiger partial charge >= 0.3 is 0 Å². The van der Waals surface area contributed by atoms with Gasteiger partial charge in [0.1, 0.15) is 5.82 Å². The molecule has 7 heteroatoms. The smallest absolute Gasteiger partial charge is 0.239 e. The van der Waals surface area contributed by atoms with Crippen LogP contribution in [0.5, 0.6) is 0 Å². The molecule has 2 fully saturated rings. The molecule has 0 unspecified atom stereocenters. The van der Waals surface area contributed by atoms with Gasteiger partial charge in [0.2, 0.25) is 5.91 Å². The monoisotopic (exact) mass is 389 g/mol. The number of rotatable bonds is 4. The van der Waals surface area contributed by atoms with Crippen LogP contribution in [0.15, 0.2) is 36.4 Å². The molecule has 2 saturated heterocycles. The lowest BCUT2D eigenvalue weighted by atomic mass is 10.1. The van der Waals surface area contributed by atoms with Crippen LogP contribution in [0.25, 0.3) is 10.4 Å². The molecule has 3 heterocycles. The molecule has 2 N–H and O–H groups in total. The number of thiophene rings is 1. The Balaban J connectivity index is 1.31. The average Bonchev–Trinajstić information content (AvgIpc) is 3.31. The standard InChI is InChI=1S/C20H24FN3O2S/c21-17-4-2-1-3-16(17)19-6-5-15(27-19)13-23-7-9-24(10-8-23)20(26)18-11-14(25)12-22-18/h1-6,14,18,22,25H,7-13H2/t14-,18+/m0/s1. The number of piperazine rings is 1. The number of carbonyl (C=O) groups is 1. The predicted molar refractivity (Wildman–Crippen MR) is 104 cm³/mol. The molecule has 27 heavy (non-hydrogen) atoms. The Bertz CT molecular complexity index is 804. The fourth-order valence-electron chi connectivity index (χ4n) is 3.74. The number of aliphatic hydroxyl groups is 1. The Labute approximate surface area is 162 Å². The highest BCUT2D eigenvalue weighted by atomic mass is 32.1. The van der Waals surface area contributed by atoms with Gasteiger partial charge in [0.25, 0.3) is 0 Å². The van der Waals surface area contributed by atoms with Crippen LogP contribution < -0.4 is 5.32 Å². The van der Waals surface area contributed by atoms with Crippen LogP contribution in [0.3, 0.4) is 0 Å². The van der Waals surface area contributed by atoms with Crippen molar-refractivity contribution in [1.29, 1.82) is 0 Å². The second-order valence-electron chi connectivity index (χ2n) is 7.20. The van der Waals surface area contributed by atoms with Crippen LogP contribution in [0, 0.1) is 5.82 Å². The fraction of sp³-hybridized carbons (Fsp3) is 0.450. The Kier molecular flexibility index (Phi) is 5.54. The maximum Gasteiger partial charge on any atom is 0.239 e. The average molecular weight is 389 g/mol. The van der Waals surface area contributed by atoms with Crippen molar-refractivity contribution in [3.8, 4) is 10.4 Å². The van der Waals surface area contributed by atoms with Crippen molar-refractivity contribution in [1.82, 2.24) is 15.1 Å². The summed E-state index contributed by atoms with van der Waals surface area (Å²) < 4.78 is 14.0. The first kappa shape index (κ1) is 18.6. The summed E-state index contributed by atoms with van der Waals surface area (Å²) in [5.41, 5.74) is 0.649. The summed E-state index contributed by atoms with van der Waals surface area (Å²) in [6, 6.07) is 10.7. The van der Waals surface area contributed by atoms with Gasteiger partial charge in [0.05, 0.1) is 12.1 Å². The van der Waals surface area contributed by atoms with Gasteiger partial charge in [-0.2, -0.15) is 0 Å². The topological polar surface area (TPSA) is 55.8 Å². The number of hydrogen-bond donors (Lipinski definition) is 2. The normalized spacial score (nSPS) is 23.7. The molecule has 2 aromatic rings. The maximum atomic E-state index is 14.0. The van der Waals surface area contributed by atoms with Crippen LogP contribution >= 0.6 is 11.3 Å². The number of carbonyl (C=O) groups excluding carboxylic acids is 1. The van der Waals surface area contributed by atoms with E-state index < -0.39 is 6.10 Å². The number of nitrogens with zero attached hydrogens (tertiary/aromatic N) is 2. The van der Waals surface area contributed by atoms with Crippen LogP contribution in [0.1, 0.15) is 11.3 Å². The molecule has 2 aliphatic heterocycles. The molecule has 0 saturated carbocycles. The lowest BCUT2D eigenvalue weighted by Crippen LogP contribution is -2.52. The molecule has 2 atom stereocenters. The van der Waals surface area contributed by atoms with Crippen LogP contribution in [-0.4, -0.2) is 65.7 Å². The Hall–Kier alpha value is -1.80. The number of β-amino-alcohol motifs (C(OH)–C–C–N with tert-alkyl or cyclic N) is 1. The fourth-order valence-corrected chi connectivity index (χ4v) is 4.82. The van der Waals surface area contributed by atoms with Gasteiger partial charge in [0, 0.05) is 54.6 Å². The zero-order chi connectivity index (χ0) is 18.8. The minimum Gasteiger partial charge on any atom is -0.392 e. The van der Waals surface area contributed by atoms with Crippen molar-refractivity contribution in [2.75, 3.05) is 32.7 Å². The van der Waals surface area contributed by atoms with Gasteiger partial charge in [-0.3, -0.25) is 9.69 Å². The van der Waals surface area contributed by atoms with E-state index in [1.165, 1.54) is 10.9 Å². The third-order valence-corrected chi connectivity index (χ3v) is 6.37. The van der Waals surface area contributed by atoms with Gasteiger partial charge in [0.15, 0.2) is 0 Å². The van der Waals surface area contributed by atoms with Gasteiger partial charge in [-0.15, -0.1) is 11.3 Å². The van der Waals surface area contributed by atoms with Crippen molar-refractivity contribution < 1.29 is 14.3 Å². The number of halogens is 1. The molecule has 1 aromatic carbocycles. The van der Waals surface area contributed by atoms with Gasteiger partial charge in [-0.1, -0.05) is 18.2 Å². The summed E-state index contributed by atoms with van der Waals surface area (Å²) in [6.07, 6.45) is 0.0929. The van der Waals surface area contributed by atoms with E-state index in [2.05, 4.69) is 16.3 Å². The summed E-state index contributed by atoms with van der Waals surface area (Å²) >= 11 is 1.62. The number of nitrogens with one attached hydrogen (secondary N) is 1. The SMILES string of the molecule is O=C([C@H]1C[C@H](O)CN1)N1CCN(Cc2ccc(-c3ccccc3F)s2)CC1. The lowest BCUT2D eigenvalue weighted by Gasteiger charge is -2.35. The van der Waals surface area contributed by atoms with E-state index >= 15 is 0 Å². The van der Waals surface area contributed by atoms with E-state index in [0.717, 1.165) is 24.5 Å². The van der Waals surface area contributed by atoms with E-state index in [4.69, 9.17) is 0 Å². The molecule has 0 aliphatic carbocycles. The van der Waals surface area contributed by atoms with E-state index in [1.807, 2.05) is 23.1 Å². The third kappa shape index (κ3) is 4.21. The third-order valence-electron chi connectivity index (χ3n) is 5.27. The summed E-state index contributed by atoms with van der Waals surface area (Å²) in [7, 11) is 0. The Morgan fingerprint density at radius 2 is 1.96 bits per heavy atom. The molecule has 0 radical (unpaired) electrons. The second-order valence-corrected chi connectivity index (χ2v) is 8.37. The number of amides is 1. The number of aliphatic hydroxyl groups excluding tert-OH is 1. The van der Waals surface area contributed by atoms with Gasteiger partial charge in [-0.25, -0.2) is 4.39 Å². The van der Waals surface area contributed by atoms with E-state index in [-0.39, 0.29) is 17.8 Å². The molecule has 2 aliphatic rings. The van der Waals surface area contributed by atoms with E-state index in [0.29, 0.717) is 31.6 Å². The quantitative estimate of drug-likeness (QED) is 0.839. The van der Waals surface area contributed by atoms with Gasteiger partial charge in [-0.05, 0) is 24.6 Å².